The lowest BCUT2D eigenvalue weighted by Crippen LogP contribution is -2.19. The van der Waals surface area contributed by atoms with Crippen LogP contribution in [0.25, 0.3) is 0 Å². The summed E-state index contributed by atoms with van der Waals surface area (Å²) >= 11 is 7.57. The molecule has 0 fully saturated rings. The van der Waals surface area contributed by atoms with Crippen molar-refractivity contribution >= 4 is 28.6 Å². The second kappa shape index (κ2) is 5.74. The molecule has 1 aromatic carbocycles. The van der Waals surface area contributed by atoms with E-state index in [0.717, 1.165) is 10.9 Å². The number of anilines is 1. The maximum Gasteiger partial charge on any atom is 0.0931 e. The van der Waals surface area contributed by atoms with Crippen molar-refractivity contribution in [2.45, 2.75) is 19.5 Å². The molecule has 18 heavy (non-hydrogen) atoms. The second-order valence-corrected chi connectivity index (χ2v) is 6.21. The van der Waals surface area contributed by atoms with Gasteiger partial charge in [-0.15, -0.1) is 11.3 Å². The summed E-state index contributed by atoms with van der Waals surface area (Å²) in [6.45, 7) is 2.86. The van der Waals surface area contributed by atoms with Crippen LogP contribution in [0.15, 0.2) is 36.4 Å². The fourth-order valence-electron chi connectivity index (χ4n) is 1.98. The predicted octanol–water partition coefficient (Wildman–Crippen LogP) is 4.06. The van der Waals surface area contributed by atoms with Crippen molar-refractivity contribution in [3.63, 3.8) is 0 Å². The van der Waals surface area contributed by atoms with E-state index in [9.17, 15) is 0 Å². The third-order valence-electron chi connectivity index (χ3n) is 2.86. The van der Waals surface area contributed by atoms with E-state index in [1.165, 1.54) is 16.1 Å². The fraction of sp³-hybridized carbons (Fsp3) is 0.286. The van der Waals surface area contributed by atoms with Gasteiger partial charge in [-0.2, -0.15) is 0 Å². The van der Waals surface area contributed by atoms with E-state index in [0.29, 0.717) is 0 Å². The summed E-state index contributed by atoms with van der Waals surface area (Å²) < 4.78 is 0.832. The molecular weight excluding hydrogens is 264 g/mol. The predicted molar refractivity (Wildman–Crippen MR) is 80.5 cm³/mol. The van der Waals surface area contributed by atoms with Crippen molar-refractivity contribution in [3.05, 3.63) is 51.2 Å². The number of nitrogens with two attached hydrogens (primary N) is 1. The van der Waals surface area contributed by atoms with Crippen molar-refractivity contribution in [1.29, 1.82) is 0 Å². The minimum absolute atomic E-state index is 0.0376. The topological polar surface area (TPSA) is 29.3 Å². The lowest BCUT2D eigenvalue weighted by Gasteiger charge is -2.23. The highest BCUT2D eigenvalue weighted by molar-refractivity contribution is 7.16. The highest BCUT2D eigenvalue weighted by Crippen LogP contribution is 2.28. The number of thiophene rings is 1. The molecule has 1 atom stereocenters. The summed E-state index contributed by atoms with van der Waals surface area (Å²) in [6, 6.07) is 12.3. The zero-order valence-corrected chi connectivity index (χ0v) is 12.1. The van der Waals surface area contributed by atoms with Crippen LogP contribution < -0.4 is 10.6 Å². The van der Waals surface area contributed by atoms with E-state index in [-0.39, 0.29) is 6.04 Å². The minimum Gasteiger partial charge on any atom is -0.369 e. The van der Waals surface area contributed by atoms with Gasteiger partial charge in [0.1, 0.15) is 0 Å². The maximum absolute atomic E-state index is 6.00. The van der Waals surface area contributed by atoms with Crippen LogP contribution >= 0.6 is 22.9 Å². The fourth-order valence-corrected chi connectivity index (χ4v) is 3.12. The van der Waals surface area contributed by atoms with Crippen LogP contribution in [0.2, 0.25) is 4.34 Å². The SMILES string of the molecule is C[C@@H](N)c1ccccc1N(C)Cc1ccc(Cl)s1. The molecule has 2 N–H and O–H groups in total. The molecule has 1 heterocycles. The van der Waals surface area contributed by atoms with Crippen molar-refractivity contribution in [2.75, 3.05) is 11.9 Å². The van der Waals surface area contributed by atoms with Gasteiger partial charge in [-0.25, -0.2) is 0 Å². The molecule has 0 aliphatic rings. The molecule has 1 aromatic heterocycles. The Bertz CT molecular complexity index is 522. The highest BCUT2D eigenvalue weighted by Gasteiger charge is 2.11. The van der Waals surface area contributed by atoms with Crippen LogP contribution in [0.3, 0.4) is 0 Å². The number of para-hydroxylation sites is 1. The van der Waals surface area contributed by atoms with Gasteiger partial charge in [0, 0.05) is 23.7 Å². The molecule has 2 rings (SSSR count). The molecule has 4 heteroatoms. The molecule has 0 aliphatic heterocycles. The molecule has 0 saturated heterocycles. The summed E-state index contributed by atoms with van der Waals surface area (Å²) in [5.74, 6) is 0. The molecule has 0 bridgehead atoms. The van der Waals surface area contributed by atoms with Crippen molar-refractivity contribution in [2.24, 2.45) is 5.73 Å². The number of halogens is 1. The van der Waals surface area contributed by atoms with Crippen LogP contribution in [0.5, 0.6) is 0 Å². The Hall–Kier alpha value is -1.03. The van der Waals surface area contributed by atoms with E-state index >= 15 is 0 Å². The zero-order chi connectivity index (χ0) is 13.1. The molecule has 0 radical (unpaired) electrons. The van der Waals surface area contributed by atoms with Gasteiger partial charge in [-0.1, -0.05) is 29.8 Å². The molecule has 0 saturated carbocycles. The average Bonchev–Trinajstić information content (AvgIpc) is 2.74. The molecular formula is C14H17ClN2S. The molecule has 0 unspecified atom stereocenters. The maximum atomic E-state index is 6.00. The quantitative estimate of drug-likeness (QED) is 0.915. The third-order valence-corrected chi connectivity index (χ3v) is 4.08. The van der Waals surface area contributed by atoms with Crippen LogP contribution in [0.1, 0.15) is 23.4 Å². The smallest absolute Gasteiger partial charge is 0.0931 e. The van der Waals surface area contributed by atoms with Gasteiger partial charge >= 0.3 is 0 Å². The number of benzene rings is 1. The molecule has 0 spiro atoms. The first-order chi connectivity index (χ1) is 8.58. The number of rotatable bonds is 4. The standard InChI is InChI=1S/C14H17ClN2S/c1-10(16)12-5-3-4-6-13(12)17(2)9-11-7-8-14(15)18-11/h3-8,10H,9,16H2,1-2H3/t10-/m1/s1. The third kappa shape index (κ3) is 3.05. The van der Waals surface area contributed by atoms with Crippen molar-refractivity contribution < 1.29 is 0 Å². The van der Waals surface area contributed by atoms with Crippen LogP contribution in [0, 0.1) is 0 Å². The summed E-state index contributed by atoms with van der Waals surface area (Å²) in [7, 11) is 2.08. The average molecular weight is 281 g/mol. The van der Waals surface area contributed by atoms with Gasteiger partial charge in [0.2, 0.25) is 0 Å². The molecule has 0 amide bonds. The van der Waals surface area contributed by atoms with E-state index in [4.69, 9.17) is 17.3 Å². The zero-order valence-electron chi connectivity index (χ0n) is 10.6. The lowest BCUT2D eigenvalue weighted by molar-refractivity contribution is 0.803. The Kier molecular flexibility index (Phi) is 4.27. The van der Waals surface area contributed by atoms with Crippen LogP contribution in [0.4, 0.5) is 5.69 Å². The summed E-state index contributed by atoms with van der Waals surface area (Å²) in [5.41, 5.74) is 8.35. The number of hydrogen-bond acceptors (Lipinski definition) is 3. The van der Waals surface area contributed by atoms with E-state index in [1.807, 2.05) is 25.1 Å². The van der Waals surface area contributed by atoms with E-state index in [1.54, 1.807) is 11.3 Å². The highest BCUT2D eigenvalue weighted by atomic mass is 35.5. The van der Waals surface area contributed by atoms with Gasteiger partial charge in [-0.3, -0.25) is 0 Å². The van der Waals surface area contributed by atoms with Crippen molar-refractivity contribution in [3.8, 4) is 0 Å². The van der Waals surface area contributed by atoms with Crippen molar-refractivity contribution in [1.82, 2.24) is 0 Å². The Morgan fingerprint density at radius 2 is 2.00 bits per heavy atom. The first-order valence-corrected chi connectivity index (χ1v) is 7.07. The summed E-state index contributed by atoms with van der Waals surface area (Å²) in [5, 5.41) is 0. The summed E-state index contributed by atoms with van der Waals surface area (Å²) in [4.78, 5) is 3.46. The van der Waals surface area contributed by atoms with Gasteiger partial charge in [0.05, 0.1) is 10.9 Å². The van der Waals surface area contributed by atoms with Crippen LogP contribution in [-0.2, 0) is 6.54 Å². The normalized spacial score (nSPS) is 12.4. The number of nitrogens with zero attached hydrogens (tertiary/aromatic N) is 1. The number of hydrogen-bond donors (Lipinski definition) is 1. The van der Waals surface area contributed by atoms with Crippen LogP contribution in [-0.4, -0.2) is 7.05 Å². The Morgan fingerprint density at radius 1 is 1.28 bits per heavy atom. The second-order valence-electron chi connectivity index (χ2n) is 4.41. The van der Waals surface area contributed by atoms with Gasteiger partial charge in [0.15, 0.2) is 0 Å². The Morgan fingerprint density at radius 3 is 2.61 bits per heavy atom. The minimum atomic E-state index is 0.0376. The van der Waals surface area contributed by atoms with Gasteiger partial charge < -0.3 is 10.6 Å². The molecule has 2 aromatic rings. The molecule has 0 aliphatic carbocycles. The van der Waals surface area contributed by atoms with E-state index < -0.39 is 0 Å². The first-order valence-electron chi connectivity index (χ1n) is 5.88. The molecule has 2 nitrogen and oxygen atoms in total. The van der Waals surface area contributed by atoms with Gasteiger partial charge in [-0.05, 0) is 30.7 Å². The lowest BCUT2D eigenvalue weighted by atomic mass is 10.1. The first kappa shape index (κ1) is 13.4. The Balaban J connectivity index is 2.20. The largest absolute Gasteiger partial charge is 0.369 e. The summed E-state index contributed by atoms with van der Waals surface area (Å²) in [6.07, 6.45) is 0. The van der Waals surface area contributed by atoms with Gasteiger partial charge in [0.25, 0.3) is 0 Å². The monoisotopic (exact) mass is 280 g/mol. The Labute approximate surface area is 117 Å². The molecule has 96 valence electrons. The van der Waals surface area contributed by atoms with E-state index in [2.05, 4.69) is 30.1 Å².